The number of allylic oxidation sites excluding steroid dienone is 6. The summed E-state index contributed by atoms with van der Waals surface area (Å²) in [7, 11) is 0. The van der Waals surface area contributed by atoms with Crippen LogP contribution in [-0.2, 0) is 19.1 Å². The molecule has 2 atom stereocenters. The van der Waals surface area contributed by atoms with Crippen LogP contribution in [-0.4, -0.2) is 11.9 Å². The first-order valence-electron chi connectivity index (χ1n) is 11.2. The molecule has 0 heterocycles. The molecule has 0 aromatic rings. The van der Waals surface area contributed by atoms with Gasteiger partial charge in [-0.05, 0) is 73.7 Å². The van der Waals surface area contributed by atoms with Crippen molar-refractivity contribution in [3.63, 3.8) is 0 Å². The minimum Gasteiger partial charge on any atom is -0.427 e. The van der Waals surface area contributed by atoms with E-state index in [1.807, 2.05) is 27.7 Å². The van der Waals surface area contributed by atoms with E-state index in [1.165, 1.54) is 13.8 Å². The fourth-order valence-corrected chi connectivity index (χ4v) is 3.08. The highest BCUT2D eigenvalue weighted by atomic mass is 16.5. The minimum atomic E-state index is -0.242. The van der Waals surface area contributed by atoms with Crippen molar-refractivity contribution in [1.29, 1.82) is 0 Å². The third-order valence-electron chi connectivity index (χ3n) is 5.12. The molecule has 0 aromatic heterocycles. The predicted molar refractivity (Wildman–Crippen MR) is 124 cm³/mol. The second kappa shape index (κ2) is 14.0. The van der Waals surface area contributed by atoms with Gasteiger partial charge in [0, 0.05) is 13.8 Å². The van der Waals surface area contributed by atoms with Crippen molar-refractivity contribution < 1.29 is 19.1 Å². The molecule has 0 unspecified atom stereocenters. The summed E-state index contributed by atoms with van der Waals surface area (Å²) in [5, 5.41) is 0. The van der Waals surface area contributed by atoms with Gasteiger partial charge >= 0.3 is 11.9 Å². The highest BCUT2D eigenvalue weighted by molar-refractivity contribution is 5.68. The molecule has 0 radical (unpaired) electrons. The summed E-state index contributed by atoms with van der Waals surface area (Å²) in [4.78, 5) is 21.7. The topological polar surface area (TPSA) is 52.6 Å². The van der Waals surface area contributed by atoms with Crippen LogP contribution >= 0.6 is 0 Å². The van der Waals surface area contributed by atoms with Gasteiger partial charge in [-0.3, -0.25) is 9.59 Å². The molecule has 2 aliphatic carbocycles. The largest absolute Gasteiger partial charge is 0.427 e. The summed E-state index contributed by atoms with van der Waals surface area (Å²) in [6, 6.07) is 0. The lowest BCUT2D eigenvalue weighted by Crippen LogP contribution is -2.12. The van der Waals surface area contributed by atoms with Crippen molar-refractivity contribution in [1.82, 2.24) is 0 Å². The van der Waals surface area contributed by atoms with Crippen LogP contribution in [0.25, 0.3) is 0 Å². The number of hydrogen-bond acceptors (Lipinski definition) is 4. The summed E-state index contributed by atoms with van der Waals surface area (Å²) >= 11 is 0. The number of carbonyl (C=O) groups excluding carboxylic acids is 2. The summed E-state index contributed by atoms with van der Waals surface area (Å²) in [5.74, 6) is 3.16. The molecule has 4 heteroatoms. The molecule has 0 bridgehead atoms. The zero-order valence-corrected chi connectivity index (χ0v) is 20.7. The van der Waals surface area contributed by atoms with Crippen LogP contribution in [0.4, 0.5) is 0 Å². The normalized spacial score (nSPS) is 20.4. The molecule has 170 valence electrons. The van der Waals surface area contributed by atoms with Gasteiger partial charge in [-0.2, -0.15) is 0 Å². The first-order valence-corrected chi connectivity index (χ1v) is 11.2. The van der Waals surface area contributed by atoms with Crippen molar-refractivity contribution in [2.75, 3.05) is 0 Å². The van der Waals surface area contributed by atoms with E-state index in [2.05, 4.69) is 52.0 Å². The fraction of sp³-hybridized carbons (Fsp3) is 0.615. The van der Waals surface area contributed by atoms with Gasteiger partial charge in [0.15, 0.2) is 0 Å². The fourth-order valence-electron chi connectivity index (χ4n) is 3.08. The molecule has 4 nitrogen and oxygen atoms in total. The van der Waals surface area contributed by atoms with Crippen molar-refractivity contribution in [3.05, 3.63) is 47.0 Å². The van der Waals surface area contributed by atoms with Crippen molar-refractivity contribution in [3.8, 4) is 0 Å². The van der Waals surface area contributed by atoms with Gasteiger partial charge < -0.3 is 9.47 Å². The van der Waals surface area contributed by atoms with Crippen molar-refractivity contribution in [2.45, 2.75) is 82.1 Å². The molecular weight excluding hydrogens is 376 g/mol. The Labute approximate surface area is 184 Å². The zero-order chi connectivity index (χ0) is 23.4. The third-order valence-corrected chi connectivity index (χ3v) is 5.12. The molecule has 0 fully saturated rings. The quantitative estimate of drug-likeness (QED) is 0.455. The first kappa shape index (κ1) is 27.9. The van der Waals surface area contributed by atoms with Gasteiger partial charge in [0.25, 0.3) is 0 Å². The van der Waals surface area contributed by atoms with Crippen LogP contribution in [0.15, 0.2) is 47.0 Å². The Morgan fingerprint density at radius 3 is 1.30 bits per heavy atom. The van der Waals surface area contributed by atoms with E-state index >= 15 is 0 Å². The molecule has 2 rings (SSSR count). The molecule has 0 aliphatic heterocycles. The van der Waals surface area contributed by atoms with Crippen LogP contribution in [0.5, 0.6) is 0 Å². The molecule has 0 aromatic carbocycles. The molecule has 0 saturated carbocycles. The van der Waals surface area contributed by atoms with E-state index in [9.17, 15) is 9.59 Å². The summed E-state index contributed by atoms with van der Waals surface area (Å²) in [6.07, 6.45) is 10.5. The molecule has 0 spiro atoms. The van der Waals surface area contributed by atoms with E-state index in [1.54, 1.807) is 0 Å². The van der Waals surface area contributed by atoms with Crippen LogP contribution in [0.1, 0.15) is 82.1 Å². The van der Waals surface area contributed by atoms with Gasteiger partial charge in [-0.25, -0.2) is 0 Å². The van der Waals surface area contributed by atoms with Gasteiger partial charge in [-0.15, -0.1) is 0 Å². The molecule has 0 N–H and O–H groups in total. The zero-order valence-electron chi connectivity index (χ0n) is 20.7. The summed E-state index contributed by atoms with van der Waals surface area (Å²) in [6.45, 7) is 19.6. The Morgan fingerprint density at radius 1 is 0.767 bits per heavy atom. The Balaban J connectivity index is 0.000000518. The van der Waals surface area contributed by atoms with E-state index in [-0.39, 0.29) is 11.9 Å². The maximum atomic E-state index is 10.8. The molecular formula is C26H42O4. The Morgan fingerprint density at radius 2 is 1.07 bits per heavy atom. The molecule has 0 saturated heterocycles. The molecule has 0 amide bonds. The number of hydrogen-bond donors (Lipinski definition) is 0. The maximum absolute atomic E-state index is 10.8. The molecule has 2 aliphatic rings. The number of carbonyl (C=O) groups is 2. The number of esters is 2. The number of rotatable bonds is 4. The van der Waals surface area contributed by atoms with E-state index in [0.29, 0.717) is 23.7 Å². The average Bonchev–Trinajstić information content (AvgIpc) is 2.66. The minimum absolute atomic E-state index is 0.242. The van der Waals surface area contributed by atoms with Crippen LogP contribution in [0, 0.1) is 23.7 Å². The maximum Gasteiger partial charge on any atom is 0.308 e. The van der Waals surface area contributed by atoms with Gasteiger partial charge in [0.05, 0.1) is 0 Å². The highest BCUT2D eigenvalue weighted by Gasteiger charge is 2.19. The SMILES string of the molecule is CC.CC(=O)OC1=C[C@H](C(C)C)CC=C1C.CC(=O)OC1=C[C@H](C(C)C)CC=C1C. The Bertz CT molecular complexity index is 630. The molecule has 30 heavy (non-hydrogen) atoms. The lowest BCUT2D eigenvalue weighted by atomic mass is 9.87. The van der Waals surface area contributed by atoms with Crippen LogP contribution < -0.4 is 0 Å². The second-order valence-electron chi connectivity index (χ2n) is 8.31. The van der Waals surface area contributed by atoms with E-state index in [0.717, 1.165) is 35.5 Å². The smallest absolute Gasteiger partial charge is 0.308 e. The van der Waals surface area contributed by atoms with Gasteiger partial charge in [0.1, 0.15) is 11.5 Å². The highest BCUT2D eigenvalue weighted by Crippen LogP contribution is 2.29. The van der Waals surface area contributed by atoms with Crippen molar-refractivity contribution >= 4 is 11.9 Å². The van der Waals surface area contributed by atoms with Crippen molar-refractivity contribution in [2.24, 2.45) is 23.7 Å². The second-order valence-corrected chi connectivity index (χ2v) is 8.31. The average molecular weight is 419 g/mol. The summed E-state index contributed by atoms with van der Waals surface area (Å²) < 4.78 is 10.3. The predicted octanol–water partition coefficient (Wildman–Crippen LogP) is 7.14. The van der Waals surface area contributed by atoms with Crippen LogP contribution in [0.2, 0.25) is 0 Å². The van der Waals surface area contributed by atoms with Gasteiger partial charge in [0.2, 0.25) is 0 Å². The summed E-state index contributed by atoms with van der Waals surface area (Å²) in [5.41, 5.74) is 2.13. The standard InChI is InChI=1S/2C12H18O2.C2H6/c2*1-8(2)11-6-5-9(3)12(7-11)14-10(4)13;1-2/h2*5,7-8,11H,6H2,1-4H3;1-2H3/t2*11-;/m11./s1. The third kappa shape index (κ3) is 10.1. The first-order chi connectivity index (χ1) is 14.0. The van der Waals surface area contributed by atoms with Crippen LogP contribution in [0.3, 0.4) is 0 Å². The van der Waals surface area contributed by atoms with E-state index in [4.69, 9.17) is 9.47 Å². The Hall–Kier alpha value is -2.10. The number of ether oxygens (including phenoxy) is 2. The lowest BCUT2D eigenvalue weighted by molar-refractivity contribution is -0.137. The Kier molecular flexibility index (Phi) is 13.0. The van der Waals surface area contributed by atoms with E-state index < -0.39 is 0 Å². The van der Waals surface area contributed by atoms with Gasteiger partial charge in [-0.1, -0.05) is 53.7 Å². The lowest BCUT2D eigenvalue weighted by Gasteiger charge is -2.22. The monoisotopic (exact) mass is 418 g/mol.